The Labute approximate surface area is 164 Å². The van der Waals surface area contributed by atoms with E-state index < -0.39 is 17.5 Å². The monoisotopic (exact) mass is 395 g/mol. The molecule has 2 rings (SSSR count). The Kier molecular flexibility index (Phi) is 6.70. The maximum atomic E-state index is 12.8. The van der Waals surface area contributed by atoms with Crippen molar-refractivity contribution in [3.63, 3.8) is 0 Å². The van der Waals surface area contributed by atoms with Gasteiger partial charge >= 0.3 is 6.03 Å². The third-order valence-corrected chi connectivity index (χ3v) is 5.06. The molecule has 1 aliphatic heterocycles. The number of nitrogens with zero attached hydrogens (tertiary/aromatic N) is 1. The minimum Gasteiger partial charge on any atom is -0.495 e. The number of anilines is 1. The Morgan fingerprint density at radius 1 is 1.26 bits per heavy atom. The van der Waals surface area contributed by atoms with Crippen molar-refractivity contribution < 1.29 is 19.1 Å². The van der Waals surface area contributed by atoms with Crippen LogP contribution < -0.4 is 15.4 Å². The number of benzene rings is 1. The highest BCUT2D eigenvalue weighted by Gasteiger charge is 2.50. The predicted molar refractivity (Wildman–Crippen MR) is 104 cm³/mol. The van der Waals surface area contributed by atoms with Crippen molar-refractivity contribution in [1.29, 1.82) is 0 Å². The molecular weight excluding hydrogens is 370 g/mol. The lowest BCUT2D eigenvalue weighted by molar-refractivity contribution is -0.134. The summed E-state index contributed by atoms with van der Waals surface area (Å²) in [6, 6.07) is 2.76. The summed E-state index contributed by atoms with van der Waals surface area (Å²) in [6.07, 6.45) is 2.61. The minimum absolute atomic E-state index is 0.342. The van der Waals surface area contributed by atoms with Crippen LogP contribution >= 0.6 is 11.6 Å². The Morgan fingerprint density at radius 3 is 2.44 bits per heavy atom. The second-order valence-electron chi connectivity index (χ2n) is 6.75. The van der Waals surface area contributed by atoms with E-state index in [0.29, 0.717) is 29.3 Å². The van der Waals surface area contributed by atoms with Crippen LogP contribution in [0.25, 0.3) is 0 Å². The molecule has 1 aromatic rings. The SMILES string of the molecule is CCCC1(CCC)NC(=O)N(CC(=O)Nc2cc(C)c(Cl)cc2OC)C1=O. The number of imide groups is 1. The summed E-state index contributed by atoms with van der Waals surface area (Å²) in [5, 5.41) is 6.00. The van der Waals surface area contributed by atoms with Crippen LogP contribution in [0.4, 0.5) is 10.5 Å². The number of aryl methyl sites for hydroxylation is 1. The van der Waals surface area contributed by atoms with Gasteiger partial charge in [-0.1, -0.05) is 38.3 Å². The van der Waals surface area contributed by atoms with Crippen LogP contribution in [0.2, 0.25) is 5.02 Å². The smallest absolute Gasteiger partial charge is 0.325 e. The largest absolute Gasteiger partial charge is 0.495 e. The van der Waals surface area contributed by atoms with E-state index in [2.05, 4.69) is 10.6 Å². The van der Waals surface area contributed by atoms with Crippen molar-refractivity contribution in [3.05, 3.63) is 22.7 Å². The van der Waals surface area contributed by atoms with Crippen LogP contribution in [-0.2, 0) is 9.59 Å². The number of urea groups is 1. The highest BCUT2D eigenvalue weighted by molar-refractivity contribution is 6.31. The number of halogens is 1. The number of carbonyl (C=O) groups is 3. The summed E-state index contributed by atoms with van der Waals surface area (Å²) in [5.41, 5.74) is 0.299. The Morgan fingerprint density at radius 2 is 1.89 bits per heavy atom. The molecule has 1 aromatic carbocycles. The van der Waals surface area contributed by atoms with E-state index in [4.69, 9.17) is 16.3 Å². The fourth-order valence-corrected chi connectivity index (χ4v) is 3.55. The zero-order valence-electron chi connectivity index (χ0n) is 16.1. The molecule has 0 aromatic heterocycles. The van der Waals surface area contributed by atoms with Crippen LogP contribution in [0.1, 0.15) is 45.1 Å². The highest BCUT2D eigenvalue weighted by Crippen LogP contribution is 2.31. The van der Waals surface area contributed by atoms with Crippen molar-refractivity contribution in [2.24, 2.45) is 0 Å². The maximum Gasteiger partial charge on any atom is 0.325 e. The molecule has 2 N–H and O–H groups in total. The molecule has 27 heavy (non-hydrogen) atoms. The van der Waals surface area contributed by atoms with E-state index >= 15 is 0 Å². The molecule has 1 saturated heterocycles. The molecule has 4 amide bonds. The normalized spacial score (nSPS) is 15.7. The molecule has 0 radical (unpaired) electrons. The van der Waals surface area contributed by atoms with Crippen LogP contribution in [0, 0.1) is 6.92 Å². The Hall–Kier alpha value is -2.28. The lowest BCUT2D eigenvalue weighted by Crippen LogP contribution is -2.47. The van der Waals surface area contributed by atoms with Crippen molar-refractivity contribution in [3.8, 4) is 5.75 Å². The van der Waals surface area contributed by atoms with Crippen LogP contribution in [0.5, 0.6) is 5.75 Å². The Bertz CT molecular complexity index is 745. The van der Waals surface area contributed by atoms with E-state index in [9.17, 15) is 14.4 Å². The molecule has 0 bridgehead atoms. The van der Waals surface area contributed by atoms with Crippen molar-refractivity contribution in [2.45, 2.75) is 52.0 Å². The van der Waals surface area contributed by atoms with E-state index in [1.54, 1.807) is 19.1 Å². The lowest BCUT2D eigenvalue weighted by Gasteiger charge is -2.25. The van der Waals surface area contributed by atoms with E-state index in [0.717, 1.165) is 23.3 Å². The van der Waals surface area contributed by atoms with Gasteiger partial charge in [-0.2, -0.15) is 0 Å². The van der Waals surface area contributed by atoms with E-state index in [-0.39, 0.29) is 12.5 Å². The van der Waals surface area contributed by atoms with Gasteiger partial charge in [-0.25, -0.2) is 4.79 Å². The van der Waals surface area contributed by atoms with Crippen molar-refractivity contribution >= 4 is 35.1 Å². The minimum atomic E-state index is -0.907. The first-order valence-electron chi connectivity index (χ1n) is 9.06. The lowest BCUT2D eigenvalue weighted by atomic mass is 9.88. The van der Waals surface area contributed by atoms with Gasteiger partial charge in [0.1, 0.15) is 17.8 Å². The third-order valence-electron chi connectivity index (χ3n) is 4.66. The molecule has 0 spiro atoms. The van der Waals surface area contributed by atoms with Crippen LogP contribution in [0.3, 0.4) is 0 Å². The number of methoxy groups -OCH3 is 1. The third kappa shape index (κ3) is 4.35. The quantitative estimate of drug-likeness (QED) is 0.659. The van der Waals surface area contributed by atoms with Crippen molar-refractivity contribution in [2.75, 3.05) is 19.0 Å². The first-order valence-corrected chi connectivity index (χ1v) is 9.43. The topological polar surface area (TPSA) is 87.7 Å². The van der Waals surface area contributed by atoms with Gasteiger partial charge in [0, 0.05) is 11.1 Å². The molecular formula is C19H26ClN3O4. The number of amides is 4. The van der Waals surface area contributed by atoms with Gasteiger partial charge in [0.15, 0.2) is 0 Å². The summed E-state index contributed by atoms with van der Waals surface area (Å²) < 4.78 is 5.23. The number of hydrogen-bond acceptors (Lipinski definition) is 4. The number of ether oxygens (including phenoxy) is 1. The van der Waals surface area contributed by atoms with E-state index in [1.807, 2.05) is 13.8 Å². The summed E-state index contributed by atoms with van der Waals surface area (Å²) in [5.74, 6) is -0.421. The van der Waals surface area contributed by atoms with Gasteiger partial charge in [-0.3, -0.25) is 14.5 Å². The summed E-state index contributed by atoms with van der Waals surface area (Å²) in [6.45, 7) is 5.37. The summed E-state index contributed by atoms with van der Waals surface area (Å²) >= 11 is 6.07. The summed E-state index contributed by atoms with van der Waals surface area (Å²) in [4.78, 5) is 38.6. The van der Waals surface area contributed by atoms with Gasteiger partial charge < -0.3 is 15.4 Å². The predicted octanol–water partition coefficient (Wildman–Crippen LogP) is 3.49. The van der Waals surface area contributed by atoms with Crippen molar-refractivity contribution in [1.82, 2.24) is 10.2 Å². The Balaban J connectivity index is 2.15. The first-order chi connectivity index (χ1) is 12.8. The van der Waals surface area contributed by atoms with Gasteiger partial charge in [0.05, 0.1) is 12.8 Å². The zero-order valence-corrected chi connectivity index (χ0v) is 16.9. The average Bonchev–Trinajstić information content (AvgIpc) is 2.83. The number of carbonyl (C=O) groups excluding carboxylic acids is 3. The van der Waals surface area contributed by atoms with E-state index in [1.165, 1.54) is 7.11 Å². The molecule has 7 nitrogen and oxygen atoms in total. The summed E-state index contributed by atoms with van der Waals surface area (Å²) in [7, 11) is 1.47. The maximum absolute atomic E-state index is 12.8. The van der Waals surface area contributed by atoms with Gasteiger partial charge in [-0.05, 0) is 31.4 Å². The average molecular weight is 396 g/mol. The zero-order chi connectivity index (χ0) is 20.2. The molecule has 8 heteroatoms. The fourth-order valence-electron chi connectivity index (χ4n) is 3.40. The molecule has 0 atom stereocenters. The highest BCUT2D eigenvalue weighted by atomic mass is 35.5. The molecule has 0 aliphatic carbocycles. The number of hydrogen-bond donors (Lipinski definition) is 2. The molecule has 1 aliphatic rings. The second kappa shape index (κ2) is 8.61. The first kappa shape index (κ1) is 21.0. The van der Waals surface area contributed by atoms with Gasteiger partial charge in [0.2, 0.25) is 5.91 Å². The number of nitrogens with one attached hydrogen (secondary N) is 2. The standard InChI is InChI=1S/C19H26ClN3O4/c1-5-7-19(8-6-2)17(25)23(18(26)22-19)11-16(24)21-14-9-12(3)13(20)10-15(14)27-4/h9-10H,5-8,11H2,1-4H3,(H,21,24)(H,22,26). The fraction of sp³-hybridized carbons (Fsp3) is 0.526. The molecule has 1 heterocycles. The molecule has 0 unspecified atom stereocenters. The second-order valence-corrected chi connectivity index (χ2v) is 7.16. The van der Waals surface area contributed by atoms with Crippen LogP contribution in [0.15, 0.2) is 12.1 Å². The molecule has 1 fully saturated rings. The van der Waals surface area contributed by atoms with Gasteiger partial charge in [0.25, 0.3) is 5.91 Å². The number of rotatable bonds is 8. The molecule has 0 saturated carbocycles. The van der Waals surface area contributed by atoms with Gasteiger partial charge in [-0.15, -0.1) is 0 Å². The molecule has 148 valence electrons. The van der Waals surface area contributed by atoms with Crippen LogP contribution in [-0.4, -0.2) is 41.9 Å².